The van der Waals surface area contributed by atoms with Crippen molar-refractivity contribution < 1.29 is 42.9 Å². The molecule has 1 unspecified atom stereocenters. The van der Waals surface area contributed by atoms with Crippen molar-refractivity contribution in [1.29, 1.82) is 0 Å². The lowest BCUT2D eigenvalue weighted by Gasteiger charge is -2.48. The summed E-state index contributed by atoms with van der Waals surface area (Å²) in [7, 11) is -2.57. The van der Waals surface area contributed by atoms with E-state index in [0.717, 1.165) is 0 Å². The molecule has 2 aromatic rings. The monoisotopic (exact) mass is 544 g/mol. The summed E-state index contributed by atoms with van der Waals surface area (Å²) in [6, 6.07) is 16.7. The lowest BCUT2D eigenvalue weighted by molar-refractivity contribution is -0.285. The molecular weight excluding hydrogens is 508 g/mol. The highest BCUT2D eigenvalue weighted by atomic mass is 28.4. The first-order valence-corrected chi connectivity index (χ1v) is 15.4. The summed E-state index contributed by atoms with van der Waals surface area (Å²) in [6.07, 6.45) is -6.26. The Balaban J connectivity index is 1.92. The molecule has 9 nitrogen and oxygen atoms in total. The predicted molar refractivity (Wildman–Crippen MR) is 141 cm³/mol. The van der Waals surface area contributed by atoms with Crippen LogP contribution in [0, 0.1) is 0 Å². The topological polar surface area (TPSA) is 118 Å². The average molecular weight is 545 g/mol. The third-order valence-corrected chi connectivity index (χ3v) is 11.3. The van der Waals surface area contributed by atoms with E-state index in [1.54, 1.807) is 60.7 Å². The van der Waals surface area contributed by atoms with Crippen LogP contribution in [0.3, 0.4) is 0 Å². The fraction of sp³-hybridized carbons (Fsp3) is 0.464. The highest BCUT2D eigenvalue weighted by molar-refractivity contribution is 6.74. The van der Waals surface area contributed by atoms with E-state index < -0.39 is 56.9 Å². The number of esters is 3. The average Bonchev–Trinajstić information content (AvgIpc) is 2.86. The minimum absolute atomic E-state index is 0.264. The molecular formula is C28H36O9Si. The summed E-state index contributed by atoms with van der Waals surface area (Å²) in [5.74, 6) is -1.94. The fourth-order valence-corrected chi connectivity index (χ4v) is 5.02. The minimum atomic E-state index is -2.57. The van der Waals surface area contributed by atoms with Crippen molar-refractivity contribution in [3.63, 3.8) is 0 Å². The van der Waals surface area contributed by atoms with Crippen LogP contribution < -0.4 is 0 Å². The van der Waals surface area contributed by atoms with E-state index in [4.69, 9.17) is 23.4 Å². The molecule has 1 aliphatic rings. The van der Waals surface area contributed by atoms with Gasteiger partial charge in [-0.05, 0) is 42.4 Å². The van der Waals surface area contributed by atoms with Gasteiger partial charge in [0.1, 0.15) is 18.8 Å². The number of aliphatic hydroxyl groups excluding tert-OH is 1. The second-order valence-electron chi connectivity index (χ2n) is 10.7. The van der Waals surface area contributed by atoms with Gasteiger partial charge in [-0.1, -0.05) is 57.2 Å². The largest absolute Gasteiger partial charge is 0.459 e. The molecule has 0 saturated carbocycles. The van der Waals surface area contributed by atoms with Crippen molar-refractivity contribution in [3.8, 4) is 0 Å². The van der Waals surface area contributed by atoms with Crippen molar-refractivity contribution >= 4 is 26.2 Å². The van der Waals surface area contributed by atoms with E-state index in [9.17, 15) is 19.5 Å². The van der Waals surface area contributed by atoms with Gasteiger partial charge in [0.05, 0.1) is 11.1 Å². The zero-order valence-corrected chi connectivity index (χ0v) is 23.6. The number of carbonyl (C=O) groups excluding carboxylic acids is 3. The zero-order chi connectivity index (χ0) is 28.1. The van der Waals surface area contributed by atoms with E-state index in [1.165, 1.54) is 6.92 Å². The fourth-order valence-electron chi connectivity index (χ4n) is 3.72. The lowest BCUT2D eigenvalue weighted by Crippen LogP contribution is -2.64. The van der Waals surface area contributed by atoms with Crippen molar-refractivity contribution in [2.75, 3.05) is 6.61 Å². The number of ether oxygens (including phenoxy) is 4. The number of rotatable bonds is 8. The molecule has 1 saturated heterocycles. The highest BCUT2D eigenvalue weighted by Crippen LogP contribution is 2.40. The molecule has 1 fully saturated rings. The molecule has 10 heteroatoms. The number of hydrogen-bond acceptors (Lipinski definition) is 9. The SMILES string of the molecule is CC(=O)O[C@@H]1[C@H](O[Si](C)(C)C(C)(C)C)[C@@H](OC(=O)c2ccccc2)C(O)O[C@@H]1COC(=O)c1ccccc1. The summed E-state index contributed by atoms with van der Waals surface area (Å²) in [4.78, 5) is 37.7. The Morgan fingerprint density at radius 2 is 1.37 bits per heavy atom. The molecule has 2 aromatic carbocycles. The summed E-state index contributed by atoms with van der Waals surface area (Å²) >= 11 is 0. The maximum Gasteiger partial charge on any atom is 0.338 e. The first-order valence-electron chi connectivity index (χ1n) is 12.5. The van der Waals surface area contributed by atoms with Crippen LogP contribution >= 0.6 is 0 Å². The van der Waals surface area contributed by atoms with Gasteiger partial charge in [-0.3, -0.25) is 4.79 Å². The molecule has 0 aliphatic carbocycles. The number of hydrogen-bond donors (Lipinski definition) is 1. The summed E-state index contributed by atoms with van der Waals surface area (Å²) < 4.78 is 29.1. The normalized spacial score (nSPS) is 23.8. The summed E-state index contributed by atoms with van der Waals surface area (Å²) in [5.41, 5.74) is 0.602. The Bertz CT molecular complexity index is 1100. The second-order valence-corrected chi connectivity index (χ2v) is 15.4. The van der Waals surface area contributed by atoms with E-state index in [1.807, 2.05) is 33.9 Å². The van der Waals surface area contributed by atoms with Crippen LogP contribution in [0.25, 0.3) is 0 Å². The van der Waals surface area contributed by atoms with Crippen LogP contribution in [0.4, 0.5) is 0 Å². The lowest BCUT2D eigenvalue weighted by atomic mass is 9.98. The van der Waals surface area contributed by atoms with Gasteiger partial charge in [0, 0.05) is 6.92 Å². The molecule has 1 heterocycles. The summed E-state index contributed by atoms with van der Waals surface area (Å²) in [5, 5.41) is 10.7. The molecule has 0 spiro atoms. The van der Waals surface area contributed by atoms with Crippen LogP contribution in [0.1, 0.15) is 48.4 Å². The molecule has 5 atom stereocenters. The zero-order valence-electron chi connectivity index (χ0n) is 22.6. The van der Waals surface area contributed by atoms with Crippen LogP contribution in [0.15, 0.2) is 60.7 Å². The van der Waals surface area contributed by atoms with Gasteiger partial charge in [0.25, 0.3) is 0 Å². The molecule has 1 aliphatic heterocycles. The van der Waals surface area contributed by atoms with Gasteiger partial charge in [-0.25, -0.2) is 9.59 Å². The van der Waals surface area contributed by atoms with E-state index in [2.05, 4.69) is 0 Å². The number of aliphatic hydroxyl groups is 1. The van der Waals surface area contributed by atoms with E-state index >= 15 is 0 Å². The Labute approximate surface area is 224 Å². The predicted octanol–water partition coefficient (Wildman–Crippen LogP) is 4.11. The highest BCUT2D eigenvalue weighted by Gasteiger charge is 2.54. The second kappa shape index (κ2) is 12.2. The van der Waals surface area contributed by atoms with Crippen LogP contribution in [0.5, 0.6) is 0 Å². The molecule has 3 rings (SSSR count). The third kappa shape index (κ3) is 7.28. The smallest absolute Gasteiger partial charge is 0.338 e. The van der Waals surface area contributed by atoms with Gasteiger partial charge >= 0.3 is 17.9 Å². The molecule has 38 heavy (non-hydrogen) atoms. The third-order valence-electron chi connectivity index (χ3n) is 6.79. The van der Waals surface area contributed by atoms with Gasteiger partial charge in [0.15, 0.2) is 26.8 Å². The Kier molecular flexibility index (Phi) is 9.48. The van der Waals surface area contributed by atoms with Crippen molar-refractivity contribution in [1.82, 2.24) is 0 Å². The van der Waals surface area contributed by atoms with Crippen molar-refractivity contribution in [3.05, 3.63) is 71.8 Å². The van der Waals surface area contributed by atoms with Crippen LogP contribution in [0.2, 0.25) is 18.1 Å². The van der Waals surface area contributed by atoms with Gasteiger partial charge in [-0.2, -0.15) is 0 Å². The maximum absolute atomic E-state index is 12.9. The van der Waals surface area contributed by atoms with Gasteiger partial charge < -0.3 is 28.5 Å². The summed E-state index contributed by atoms with van der Waals surface area (Å²) in [6.45, 7) is 11.0. The Morgan fingerprint density at radius 1 is 0.842 bits per heavy atom. The maximum atomic E-state index is 12.9. The first kappa shape index (κ1) is 29.5. The quantitative estimate of drug-likeness (QED) is 0.298. The van der Waals surface area contributed by atoms with Gasteiger partial charge in [-0.15, -0.1) is 0 Å². The Hall–Kier alpha value is -3.05. The molecule has 0 radical (unpaired) electrons. The standard InChI is InChI=1S/C28H36O9Si/c1-18(29)34-22-21(17-33-25(30)19-13-9-7-10-14-19)35-27(32)24(23(22)37-38(5,6)28(2,3)4)36-26(31)20-15-11-8-12-16-20/h7-16,21-24,27,32H,17H2,1-6H3/t21-,22+,23+,24-,27?/m1/s1. The molecule has 206 valence electrons. The number of carbonyl (C=O) groups is 3. The van der Waals surface area contributed by atoms with E-state index in [0.29, 0.717) is 5.56 Å². The van der Waals surface area contributed by atoms with Gasteiger partial charge in [0.2, 0.25) is 0 Å². The molecule has 0 amide bonds. The van der Waals surface area contributed by atoms with Crippen LogP contribution in [-0.4, -0.2) is 68.6 Å². The van der Waals surface area contributed by atoms with Crippen LogP contribution in [-0.2, 0) is 28.2 Å². The first-order chi connectivity index (χ1) is 17.8. The van der Waals surface area contributed by atoms with Crippen molar-refractivity contribution in [2.24, 2.45) is 0 Å². The minimum Gasteiger partial charge on any atom is -0.459 e. The number of benzene rings is 2. The molecule has 0 bridgehead atoms. The van der Waals surface area contributed by atoms with E-state index in [-0.39, 0.29) is 17.2 Å². The molecule has 0 aromatic heterocycles. The Morgan fingerprint density at radius 3 is 1.87 bits per heavy atom. The van der Waals surface area contributed by atoms with Crippen molar-refractivity contribution in [2.45, 2.75) is 76.5 Å². The molecule has 1 N–H and O–H groups in total.